The van der Waals surface area contributed by atoms with Crippen LogP contribution >= 0.6 is 0 Å². The number of likely N-dealkylation sites (tertiary alicyclic amines) is 2. The van der Waals surface area contributed by atoms with Gasteiger partial charge in [-0.05, 0) is 90.0 Å². The highest BCUT2D eigenvalue weighted by Gasteiger charge is 2.40. The number of nitrogens with zero attached hydrogens (tertiary/aromatic N) is 4. The minimum atomic E-state index is -0.687. The lowest BCUT2D eigenvalue weighted by atomic mass is 9.83. The Labute approximate surface area is 356 Å². The van der Waals surface area contributed by atoms with Crippen LogP contribution < -0.4 is 10.6 Å². The summed E-state index contributed by atoms with van der Waals surface area (Å²) in [6.45, 7) is 5.03. The summed E-state index contributed by atoms with van der Waals surface area (Å²) in [7, 11) is 2.63. The molecule has 1 saturated carbocycles. The molecule has 0 unspecified atom stereocenters. The largest absolute Gasteiger partial charge is 0.453 e. The van der Waals surface area contributed by atoms with Crippen molar-refractivity contribution in [2.75, 3.05) is 27.3 Å². The second kappa shape index (κ2) is 18.2. The number of ether oxygens (including phenoxy) is 2. The quantitative estimate of drug-likeness (QED) is 0.103. The molecule has 2 aliphatic heterocycles. The van der Waals surface area contributed by atoms with Gasteiger partial charge in [0.1, 0.15) is 23.7 Å². The maximum Gasteiger partial charge on any atom is 0.407 e. The fourth-order valence-electron chi connectivity index (χ4n) is 9.46. The predicted octanol–water partition coefficient (Wildman–Crippen LogP) is 8.30. The van der Waals surface area contributed by atoms with E-state index in [4.69, 9.17) is 19.4 Å². The first kappa shape index (κ1) is 41.5. The summed E-state index contributed by atoms with van der Waals surface area (Å²) in [6.07, 6.45) is 10.9. The van der Waals surface area contributed by atoms with Gasteiger partial charge < -0.3 is 39.9 Å². The van der Waals surface area contributed by atoms with Crippen molar-refractivity contribution in [3.05, 3.63) is 84.7 Å². The Morgan fingerprint density at radius 3 is 1.72 bits per heavy atom. The summed E-state index contributed by atoms with van der Waals surface area (Å²) >= 11 is 0. The number of alkyl carbamates (subject to hydrolysis) is 2. The number of hydrogen-bond donors (Lipinski definition) is 4. The number of imidazole rings is 2. The predicted molar refractivity (Wildman–Crippen MR) is 232 cm³/mol. The molecule has 4 amide bonds. The van der Waals surface area contributed by atoms with Crippen molar-refractivity contribution in [3.63, 3.8) is 0 Å². The van der Waals surface area contributed by atoms with Gasteiger partial charge in [0.05, 0.1) is 50.1 Å². The number of methoxy groups -OCH3 is 2. The molecule has 0 bridgehead atoms. The zero-order chi connectivity index (χ0) is 42.6. The van der Waals surface area contributed by atoms with Gasteiger partial charge >= 0.3 is 12.2 Å². The second-order valence-electron chi connectivity index (χ2n) is 17.0. The van der Waals surface area contributed by atoms with Gasteiger partial charge in [-0.15, -0.1) is 0 Å². The fourth-order valence-corrected chi connectivity index (χ4v) is 9.46. The maximum absolute atomic E-state index is 14.0. The number of fused-ring (bicyclic) bond motifs is 1. The lowest BCUT2D eigenvalue weighted by molar-refractivity contribution is -0.136. The van der Waals surface area contributed by atoms with Crippen LogP contribution in [-0.2, 0) is 19.1 Å². The molecule has 320 valence electrons. The Balaban J connectivity index is 0.935. The van der Waals surface area contributed by atoms with Gasteiger partial charge in [0.2, 0.25) is 11.8 Å². The average molecular weight is 829 g/mol. The van der Waals surface area contributed by atoms with Crippen molar-refractivity contribution in [3.8, 4) is 33.6 Å². The van der Waals surface area contributed by atoms with Crippen molar-refractivity contribution in [1.29, 1.82) is 0 Å². The molecule has 5 aromatic rings. The van der Waals surface area contributed by atoms with Crippen LogP contribution in [0.4, 0.5) is 9.59 Å². The summed E-state index contributed by atoms with van der Waals surface area (Å²) in [5, 5.41) is 7.78. The van der Waals surface area contributed by atoms with E-state index in [2.05, 4.69) is 81.3 Å². The Kier molecular flexibility index (Phi) is 12.4. The van der Waals surface area contributed by atoms with Gasteiger partial charge in [-0.2, -0.15) is 0 Å². The molecule has 3 aromatic carbocycles. The average Bonchev–Trinajstić information content (AvgIpc) is 4.14. The van der Waals surface area contributed by atoms with Crippen molar-refractivity contribution in [2.24, 2.45) is 11.8 Å². The molecule has 8 rings (SSSR count). The Hall–Kier alpha value is -6.18. The molecule has 14 heteroatoms. The third-order valence-electron chi connectivity index (χ3n) is 12.8. The Morgan fingerprint density at radius 1 is 0.623 bits per heavy atom. The molecule has 1 aliphatic carbocycles. The molecule has 4 heterocycles. The molecular weight excluding hydrogens is 773 g/mol. The molecule has 4 atom stereocenters. The Morgan fingerprint density at radius 2 is 1.13 bits per heavy atom. The SMILES string of the molecule is COC(=O)N[C@H](C(=O)N1CCC[C@H]1c1ncc(-c2ccc3cc(-c4ccc(-c5cnc([C@@H]6CCCN6C(=O)[C@H](NC(=O)OC)C6CCCCC6)[nH]5)cc4)ccc3c2)[nH]1)C(C)C. The molecule has 0 spiro atoms. The number of aromatic amines is 2. The number of carbonyl (C=O) groups excluding carboxylic acids is 4. The first-order valence-corrected chi connectivity index (χ1v) is 21.7. The number of amides is 4. The van der Waals surface area contributed by atoms with Crippen LogP contribution in [0.5, 0.6) is 0 Å². The second-order valence-corrected chi connectivity index (χ2v) is 17.0. The maximum atomic E-state index is 14.0. The molecular formula is C47H56N8O6. The van der Waals surface area contributed by atoms with Gasteiger partial charge in [0.25, 0.3) is 0 Å². The molecule has 61 heavy (non-hydrogen) atoms. The van der Waals surface area contributed by atoms with E-state index in [1.807, 2.05) is 36.0 Å². The summed E-state index contributed by atoms with van der Waals surface area (Å²) in [5.41, 5.74) is 5.94. The van der Waals surface area contributed by atoms with Crippen molar-refractivity contribution >= 4 is 34.8 Å². The number of H-pyrrole nitrogens is 2. The Bertz CT molecular complexity index is 2370. The van der Waals surface area contributed by atoms with Crippen molar-refractivity contribution in [2.45, 2.75) is 95.8 Å². The van der Waals surface area contributed by atoms with Gasteiger partial charge in [-0.25, -0.2) is 19.6 Å². The van der Waals surface area contributed by atoms with E-state index in [9.17, 15) is 19.2 Å². The minimum absolute atomic E-state index is 0.0574. The van der Waals surface area contributed by atoms with E-state index in [1.54, 1.807) is 0 Å². The zero-order valence-electron chi connectivity index (χ0n) is 35.4. The lowest BCUT2D eigenvalue weighted by Crippen LogP contribution is -2.52. The number of hydrogen-bond acceptors (Lipinski definition) is 8. The number of nitrogens with one attached hydrogen (secondary N) is 4. The molecule has 2 aromatic heterocycles. The summed E-state index contributed by atoms with van der Waals surface area (Å²) in [5.74, 6) is 1.29. The van der Waals surface area contributed by atoms with Crippen LogP contribution in [0.15, 0.2) is 73.1 Å². The highest BCUT2D eigenvalue weighted by molar-refractivity contribution is 5.91. The van der Waals surface area contributed by atoms with Crippen molar-refractivity contribution < 1.29 is 28.7 Å². The van der Waals surface area contributed by atoms with E-state index in [0.29, 0.717) is 13.1 Å². The molecule has 4 N–H and O–H groups in total. The summed E-state index contributed by atoms with van der Waals surface area (Å²) < 4.78 is 9.68. The summed E-state index contributed by atoms with van der Waals surface area (Å²) in [6, 6.07) is 19.5. The number of rotatable bonds is 11. The van der Waals surface area contributed by atoms with Crippen molar-refractivity contribution in [1.82, 2.24) is 40.4 Å². The standard InChI is InChI=1S/C47H56N8O6/c1-28(2)40(52-46(58)60-3)44(56)54-22-8-12-38(54)43-49-27-37(51-43)35-21-20-33-24-32(18-19-34(33)25-35)29-14-16-30(17-15-29)36-26-48-42(50-36)39-13-9-23-55(39)45(57)41(53-47(59)61-4)31-10-6-5-7-11-31/h14-21,24-28,31,38-41H,5-13,22-23H2,1-4H3,(H,48,50)(H,49,51)(H,52,58)(H,53,59)/t38-,39-,40-,41+/m0/s1. The minimum Gasteiger partial charge on any atom is -0.453 e. The van der Waals surface area contributed by atoms with E-state index >= 15 is 0 Å². The topological polar surface area (TPSA) is 175 Å². The normalized spacial score (nSPS) is 19.2. The fraction of sp³-hybridized carbons (Fsp3) is 0.447. The number of aromatic nitrogens is 4. The molecule has 3 aliphatic rings. The smallest absolute Gasteiger partial charge is 0.407 e. The zero-order valence-corrected chi connectivity index (χ0v) is 35.4. The van der Waals surface area contributed by atoms with Crippen LogP contribution in [-0.4, -0.2) is 93.1 Å². The first-order chi connectivity index (χ1) is 29.6. The first-order valence-electron chi connectivity index (χ1n) is 21.7. The highest BCUT2D eigenvalue weighted by atomic mass is 16.5. The number of carbonyl (C=O) groups is 4. The van der Waals surface area contributed by atoms with Gasteiger partial charge in [0, 0.05) is 18.7 Å². The van der Waals surface area contributed by atoms with Crippen LogP contribution in [0, 0.1) is 11.8 Å². The third kappa shape index (κ3) is 8.85. The van der Waals surface area contributed by atoms with E-state index < -0.39 is 24.3 Å². The van der Waals surface area contributed by atoms with Gasteiger partial charge in [-0.3, -0.25) is 9.59 Å². The van der Waals surface area contributed by atoms with Gasteiger partial charge in [0.15, 0.2) is 0 Å². The molecule has 0 radical (unpaired) electrons. The van der Waals surface area contributed by atoms with E-state index in [1.165, 1.54) is 14.2 Å². The molecule has 3 fully saturated rings. The lowest BCUT2D eigenvalue weighted by Gasteiger charge is -2.34. The monoisotopic (exact) mass is 828 g/mol. The number of benzene rings is 3. The molecule has 2 saturated heterocycles. The van der Waals surface area contributed by atoms with E-state index in [-0.39, 0.29) is 35.7 Å². The van der Waals surface area contributed by atoms with Crippen LogP contribution in [0.25, 0.3) is 44.4 Å². The van der Waals surface area contributed by atoms with Crippen LogP contribution in [0.3, 0.4) is 0 Å². The third-order valence-corrected chi connectivity index (χ3v) is 12.8. The van der Waals surface area contributed by atoms with Crippen LogP contribution in [0.2, 0.25) is 0 Å². The summed E-state index contributed by atoms with van der Waals surface area (Å²) in [4.78, 5) is 72.1. The van der Waals surface area contributed by atoms with Gasteiger partial charge in [-0.1, -0.05) is 81.6 Å². The highest BCUT2D eigenvalue weighted by Crippen LogP contribution is 2.37. The van der Waals surface area contributed by atoms with Crippen LogP contribution in [0.1, 0.15) is 95.4 Å². The van der Waals surface area contributed by atoms with E-state index in [0.717, 1.165) is 114 Å². The molecule has 14 nitrogen and oxygen atoms in total.